The first-order valence-corrected chi connectivity index (χ1v) is 6.77. The zero-order valence-corrected chi connectivity index (χ0v) is 10.5. The Hall–Kier alpha value is -1.02. The molecule has 0 amide bonds. The van der Waals surface area contributed by atoms with Crippen molar-refractivity contribution in [1.29, 1.82) is 0 Å². The molecule has 1 saturated heterocycles. The zero-order valence-electron chi connectivity index (χ0n) is 10.5. The summed E-state index contributed by atoms with van der Waals surface area (Å²) in [4.78, 5) is 0. The minimum atomic E-state index is 0.757. The molecule has 1 aromatic rings. The maximum atomic E-state index is 5.30. The number of nitrogens with one attached hydrogen (secondary N) is 1. The average Bonchev–Trinajstić information content (AvgIpc) is 2.99. The van der Waals surface area contributed by atoms with E-state index in [9.17, 15) is 0 Å². The average molecular weight is 231 g/mol. The Morgan fingerprint density at radius 3 is 3.06 bits per heavy atom. The van der Waals surface area contributed by atoms with Crippen molar-refractivity contribution >= 4 is 0 Å². The summed E-state index contributed by atoms with van der Waals surface area (Å²) in [5.74, 6) is 1.77. The molecule has 1 N–H and O–H groups in total. The van der Waals surface area contributed by atoms with E-state index in [1.165, 1.54) is 44.2 Å². The fourth-order valence-corrected chi connectivity index (χ4v) is 3.36. The van der Waals surface area contributed by atoms with Crippen LogP contribution in [0, 0.1) is 0 Å². The minimum Gasteiger partial charge on any atom is -0.497 e. The number of benzene rings is 1. The summed E-state index contributed by atoms with van der Waals surface area (Å²) >= 11 is 0. The summed E-state index contributed by atoms with van der Waals surface area (Å²) in [6.45, 7) is 1.22. The Kier molecular flexibility index (Phi) is 3.06. The van der Waals surface area contributed by atoms with E-state index in [4.69, 9.17) is 4.74 Å². The maximum absolute atomic E-state index is 5.30. The van der Waals surface area contributed by atoms with Crippen LogP contribution < -0.4 is 10.1 Å². The first-order chi connectivity index (χ1) is 8.36. The zero-order chi connectivity index (χ0) is 11.7. The molecular formula is C15H21NO. The molecule has 2 nitrogen and oxygen atoms in total. The fourth-order valence-electron chi connectivity index (χ4n) is 3.36. The number of hydrogen-bond donors (Lipinski definition) is 1. The normalized spacial score (nSPS) is 27.1. The molecular weight excluding hydrogens is 210 g/mol. The predicted octanol–water partition coefficient (Wildman–Crippen LogP) is 2.87. The van der Waals surface area contributed by atoms with Gasteiger partial charge in [0.1, 0.15) is 5.75 Å². The molecule has 0 radical (unpaired) electrons. The van der Waals surface area contributed by atoms with Crippen molar-refractivity contribution in [3.05, 3.63) is 29.3 Å². The Bertz CT molecular complexity index is 396. The minimum absolute atomic E-state index is 0.757. The standard InChI is InChI=1S/C15H21NO/c1-17-14-6-7-15-11(4-5-12(15)10-14)9-13-3-2-8-16-13/h6-7,10-11,13,16H,2-5,8-9H2,1H3. The first-order valence-electron chi connectivity index (χ1n) is 6.77. The van der Waals surface area contributed by atoms with Gasteiger partial charge in [0.25, 0.3) is 0 Å². The highest BCUT2D eigenvalue weighted by atomic mass is 16.5. The van der Waals surface area contributed by atoms with Gasteiger partial charge in [-0.1, -0.05) is 6.07 Å². The molecule has 1 fully saturated rings. The van der Waals surface area contributed by atoms with Gasteiger partial charge in [-0.3, -0.25) is 0 Å². The number of rotatable bonds is 3. The first kappa shape index (κ1) is 11.1. The van der Waals surface area contributed by atoms with Gasteiger partial charge in [-0.25, -0.2) is 0 Å². The van der Waals surface area contributed by atoms with Crippen LogP contribution in [-0.4, -0.2) is 19.7 Å². The molecule has 2 atom stereocenters. The summed E-state index contributed by atoms with van der Waals surface area (Å²) in [5.41, 5.74) is 3.08. The molecule has 1 aliphatic carbocycles. The van der Waals surface area contributed by atoms with E-state index in [1.54, 1.807) is 12.7 Å². The lowest BCUT2D eigenvalue weighted by Crippen LogP contribution is -2.23. The van der Waals surface area contributed by atoms with Gasteiger partial charge in [-0.05, 0) is 67.8 Å². The molecule has 0 saturated carbocycles. The van der Waals surface area contributed by atoms with Gasteiger partial charge in [0.05, 0.1) is 7.11 Å². The molecule has 1 heterocycles. The highest BCUT2D eigenvalue weighted by Crippen LogP contribution is 2.38. The summed E-state index contributed by atoms with van der Waals surface area (Å²) in [7, 11) is 1.75. The van der Waals surface area contributed by atoms with E-state index in [0.29, 0.717) is 0 Å². The lowest BCUT2D eigenvalue weighted by molar-refractivity contribution is 0.414. The second-order valence-electron chi connectivity index (χ2n) is 5.33. The van der Waals surface area contributed by atoms with E-state index in [1.807, 2.05) is 0 Å². The van der Waals surface area contributed by atoms with Crippen molar-refractivity contribution < 1.29 is 4.74 Å². The van der Waals surface area contributed by atoms with Crippen LogP contribution in [-0.2, 0) is 6.42 Å². The van der Waals surface area contributed by atoms with Gasteiger partial charge in [-0.15, -0.1) is 0 Å². The molecule has 0 bridgehead atoms. The summed E-state index contributed by atoms with van der Waals surface area (Å²) in [6.07, 6.45) is 6.58. The molecule has 3 rings (SSSR count). The topological polar surface area (TPSA) is 21.3 Å². The van der Waals surface area contributed by atoms with Crippen molar-refractivity contribution in [1.82, 2.24) is 5.32 Å². The van der Waals surface area contributed by atoms with Gasteiger partial charge in [0.2, 0.25) is 0 Å². The van der Waals surface area contributed by atoms with E-state index in [0.717, 1.165) is 17.7 Å². The fraction of sp³-hybridized carbons (Fsp3) is 0.600. The number of hydrogen-bond acceptors (Lipinski definition) is 2. The molecule has 2 unspecified atom stereocenters. The summed E-state index contributed by atoms with van der Waals surface area (Å²) < 4.78 is 5.30. The predicted molar refractivity (Wildman–Crippen MR) is 69.7 cm³/mol. The smallest absolute Gasteiger partial charge is 0.119 e. The van der Waals surface area contributed by atoms with Crippen LogP contribution in [0.1, 0.15) is 42.7 Å². The van der Waals surface area contributed by atoms with Crippen LogP contribution >= 0.6 is 0 Å². The van der Waals surface area contributed by atoms with Crippen molar-refractivity contribution in [3.63, 3.8) is 0 Å². The van der Waals surface area contributed by atoms with E-state index >= 15 is 0 Å². The van der Waals surface area contributed by atoms with Crippen molar-refractivity contribution in [3.8, 4) is 5.75 Å². The quantitative estimate of drug-likeness (QED) is 0.863. The molecule has 17 heavy (non-hydrogen) atoms. The molecule has 2 aliphatic rings. The van der Waals surface area contributed by atoms with Gasteiger partial charge in [0.15, 0.2) is 0 Å². The Balaban J connectivity index is 1.74. The van der Waals surface area contributed by atoms with Crippen LogP contribution in [0.2, 0.25) is 0 Å². The van der Waals surface area contributed by atoms with Crippen LogP contribution in [0.4, 0.5) is 0 Å². The maximum Gasteiger partial charge on any atom is 0.119 e. The Morgan fingerprint density at radius 2 is 2.29 bits per heavy atom. The van der Waals surface area contributed by atoms with E-state index in [2.05, 4.69) is 23.5 Å². The molecule has 92 valence electrons. The van der Waals surface area contributed by atoms with Crippen molar-refractivity contribution in [2.24, 2.45) is 0 Å². The molecule has 1 aliphatic heterocycles. The van der Waals surface area contributed by atoms with Gasteiger partial charge in [0, 0.05) is 6.04 Å². The SMILES string of the molecule is COc1ccc2c(c1)CCC2CC1CCCN1. The van der Waals surface area contributed by atoms with E-state index in [-0.39, 0.29) is 0 Å². The Labute approximate surface area is 103 Å². The van der Waals surface area contributed by atoms with Gasteiger partial charge >= 0.3 is 0 Å². The third kappa shape index (κ3) is 2.19. The van der Waals surface area contributed by atoms with Crippen molar-refractivity contribution in [2.45, 2.75) is 44.1 Å². The van der Waals surface area contributed by atoms with Crippen LogP contribution in [0.25, 0.3) is 0 Å². The van der Waals surface area contributed by atoms with Gasteiger partial charge < -0.3 is 10.1 Å². The third-order valence-corrected chi connectivity index (χ3v) is 4.28. The lowest BCUT2D eigenvalue weighted by Gasteiger charge is -2.17. The number of aryl methyl sites for hydroxylation is 1. The second kappa shape index (κ2) is 4.69. The lowest BCUT2D eigenvalue weighted by atomic mass is 9.93. The highest BCUT2D eigenvalue weighted by molar-refractivity contribution is 5.41. The summed E-state index contributed by atoms with van der Waals surface area (Å²) in [5, 5.41) is 3.61. The third-order valence-electron chi connectivity index (χ3n) is 4.28. The monoisotopic (exact) mass is 231 g/mol. The summed E-state index contributed by atoms with van der Waals surface area (Å²) in [6, 6.07) is 7.37. The van der Waals surface area contributed by atoms with Crippen LogP contribution in [0.3, 0.4) is 0 Å². The van der Waals surface area contributed by atoms with E-state index < -0.39 is 0 Å². The second-order valence-corrected chi connectivity index (χ2v) is 5.33. The van der Waals surface area contributed by atoms with Crippen molar-refractivity contribution in [2.75, 3.05) is 13.7 Å². The highest BCUT2D eigenvalue weighted by Gasteiger charge is 2.26. The molecule has 1 aromatic carbocycles. The molecule has 0 spiro atoms. The largest absolute Gasteiger partial charge is 0.497 e. The number of fused-ring (bicyclic) bond motifs is 1. The van der Waals surface area contributed by atoms with Crippen LogP contribution in [0.5, 0.6) is 5.75 Å². The Morgan fingerprint density at radius 1 is 1.35 bits per heavy atom. The molecule has 2 heteroatoms. The number of ether oxygens (including phenoxy) is 1. The van der Waals surface area contributed by atoms with Gasteiger partial charge in [-0.2, -0.15) is 0 Å². The number of methoxy groups -OCH3 is 1. The van der Waals surface area contributed by atoms with Crippen LogP contribution in [0.15, 0.2) is 18.2 Å². The molecule has 0 aromatic heterocycles.